The van der Waals surface area contributed by atoms with Gasteiger partial charge in [0, 0.05) is 7.05 Å². The minimum absolute atomic E-state index is 0.319. The number of nitrogens with two attached hydrogens (primary N) is 1. The van der Waals surface area contributed by atoms with Gasteiger partial charge in [-0.05, 0) is 0 Å². The average Bonchev–Trinajstić information content (AvgIpc) is 1.82. The van der Waals surface area contributed by atoms with Gasteiger partial charge in [0.15, 0.2) is 10.7 Å². The fraction of sp³-hybridized carbons (Fsp3) is 0.250. The normalized spacial score (nSPS) is 16.6. The van der Waals surface area contributed by atoms with Gasteiger partial charge in [-0.15, -0.1) is 0 Å². The van der Waals surface area contributed by atoms with Gasteiger partial charge in [0.05, 0.1) is 12.4 Å². The smallest absolute Gasteiger partial charge is 0.205 e. The highest BCUT2D eigenvalue weighted by molar-refractivity contribution is 8.17. The quantitative estimate of drug-likeness (QED) is 0.477. The van der Waals surface area contributed by atoms with Gasteiger partial charge >= 0.3 is 0 Å². The van der Waals surface area contributed by atoms with E-state index >= 15 is 0 Å². The van der Waals surface area contributed by atoms with Crippen molar-refractivity contribution in [1.29, 1.82) is 0 Å². The van der Waals surface area contributed by atoms with Crippen LogP contribution in [-0.2, 0) is 10.4 Å². The van der Waals surface area contributed by atoms with Crippen molar-refractivity contribution in [3.8, 4) is 0 Å². The lowest BCUT2D eigenvalue weighted by molar-refractivity contribution is 0.615. The summed E-state index contributed by atoms with van der Waals surface area (Å²) in [6.07, 6.45) is 2.51. The Kier molecular flexibility index (Phi) is 4.57. The first-order chi connectivity index (χ1) is 4.22. The third-order valence-corrected chi connectivity index (χ3v) is 1.75. The van der Waals surface area contributed by atoms with Crippen molar-refractivity contribution < 1.29 is 4.55 Å². The van der Waals surface area contributed by atoms with Crippen molar-refractivity contribution in [3.05, 3.63) is 11.1 Å². The van der Waals surface area contributed by atoms with E-state index in [1.54, 1.807) is 7.05 Å². The largest absolute Gasteiger partial charge is 0.594 e. The van der Waals surface area contributed by atoms with E-state index in [1.807, 2.05) is 0 Å². The second-order valence-corrected chi connectivity index (χ2v) is 2.94. The van der Waals surface area contributed by atoms with E-state index in [4.69, 9.17) is 16.4 Å². The van der Waals surface area contributed by atoms with Crippen LogP contribution >= 0.6 is 10.7 Å². The molecule has 5 heteroatoms. The van der Waals surface area contributed by atoms with E-state index in [-0.39, 0.29) is 0 Å². The molecule has 0 saturated carbocycles. The number of hydrogen-bond donors (Lipinski definition) is 1. The summed E-state index contributed by atoms with van der Waals surface area (Å²) in [5.74, 6) is 0. The SMILES string of the molecule is CN=CC(=CN)[S+]([O-])Cl. The Bertz CT molecular complexity index is 135. The molecule has 0 aliphatic carbocycles. The van der Waals surface area contributed by atoms with Gasteiger partial charge < -0.3 is 10.3 Å². The predicted octanol–water partition coefficient (Wildman–Crippen LogP) is 0.390. The van der Waals surface area contributed by atoms with Gasteiger partial charge in [0.2, 0.25) is 4.91 Å². The molecule has 0 radical (unpaired) electrons. The van der Waals surface area contributed by atoms with Gasteiger partial charge in [-0.2, -0.15) is 0 Å². The number of nitrogens with zero attached hydrogens (tertiary/aromatic N) is 1. The molecule has 0 heterocycles. The second-order valence-electron chi connectivity index (χ2n) is 1.18. The van der Waals surface area contributed by atoms with Gasteiger partial charge in [0.1, 0.15) is 10.4 Å². The van der Waals surface area contributed by atoms with Crippen molar-refractivity contribution in [2.45, 2.75) is 0 Å². The Hall–Kier alpha value is -0.190. The molecule has 0 bridgehead atoms. The molecule has 0 amide bonds. The summed E-state index contributed by atoms with van der Waals surface area (Å²) in [5, 5.41) is 0. The van der Waals surface area contributed by atoms with Crippen LogP contribution in [0.5, 0.6) is 0 Å². The molecule has 0 saturated heterocycles. The van der Waals surface area contributed by atoms with Crippen LogP contribution in [0, 0.1) is 0 Å². The molecule has 0 aliphatic heterocycles. The number of aliphatic imine (C=N–C) groups is 1. The summed E-state index contributed by atoms with van der Waals surface area (Å²) >= 11 is 0. The maximum Gasteiger partial charge on any atom is 0.205 e. The number of halogens is 1. The van der Waals surface area contributed by atoms with Crippen LogP contribution in [-0.4, -0.2) is 17.8 Å². The zero-order valence-electron chi connectivity index (χ0n) is 4.87. The Labute approximate surface area is 61.3 Å². The van der Waals surface area contributed by atoms with E-state index in [0.717, 1.165) is 6.20 Å². The van der Waals surface area contributed by atoms with Crippen LogP contribution in [0.3, 0.4) is 0 Å². The summed E-state index contributed by atoms with van der Waals surface area (Å²) in [7, 11) is 5.16. The molecule has 9 heavy (non-hydrogen) atoms. The first-order valence-corrected chi connectivity index (χ1v) is 4.12. The van der Waals surface area contributed by atoms with Crippen molar-refractivity contribution in [3.63, 3.8) is 0 Å². The minimum Gasteiger partial charge on any atom is -0.594 e. The van der Waals surface area contributed by atoms with E-state index in [2.05, 4.69) is 4.99 Å². The molecule has 1 unspecified atom stereocenters. The molecule has 0 aliphatic rings. The Morgan fingerprint density at radius 2 is 2.44 bits per heavy atom. The summed E-state index contributed by atoms with van der Waals surface area (Å²) in [6.45, 7) is 0. The maximum atomic E-state index is 10.4. The fourth-order valence-corrected chi connectivity index (χ4v) is 0.834. The molecular formula is C4H7ClN2OS. The Morgan fingerprint density at radius 3 is 2.56 bits per heavy atom. The minimum atomic E-state index is -1.54. The van der Waals surface area contributed by atoms with E-state index in [1.165, 1.54) is 6.21 Å². The first-order valence-electron chi connectivity index (χ1n) is 2.14. The van der Waals surface area contributed by atoms with Gasteiger partial charge in [-0.1, -0.05) is 0 Å². The number of hydrogen-bond acceptors (Lipinski definition) is 3. The molecule has 2 N–H and O–H groups in total. The van der Waals surface area contributed by atoms with Crippen LogP contribution in [0.4, 0.5) is 0 Å². The lowest BCUT2D eigenvalue weighted by atomic mass is 10.6. The van der Waals surface area contributed by atoms with Crippen molar-refractivity contribution in [2.75, 3.05) is 7.05 Å². The molecule has 0 aromatic heterocycles. The molecule has 0 aromatic rings. The van der Waals surface area contributed by atoms with Crippen molar-refractivity contribution in [1.82, 2.24) is 0 Å². The van der Waals surface area contributed by atoms with Gasteiger partial charge in [-0.25, -0.2) is 0 Å². The monoisotopic (exact) mass is 166 g/mol. The van der Waals surface area contributed by atoms with E-state index < -0.39 is 10.4 Å². The summed E-state index contributed by atoms with van der Waals surface area (Å²) in [4.78, 5) is 3.90. The highest BCUT2D eigenvalue weighted by Crippen LogP contribution is 2.07. The Morgan fingerprint density at radius 1 is 1.89 bits per heavy atom. The lowest BCUT2D eigenvalue weighted by Gasteiger charge is -1.95. The standard InChI is InChI=1S/C4H7ClN2OS/c1-7-3-4(2-6)9(5)8/h2-3H,6H2,1H3. The molecular weight excluding hydrogens is 160 g/mol. The molecule has 0 aromatic carbocycles. The van der Waals surface area contributed by atoms with Crippen LogP contribution < -0.4 is 5.73 Å². The number of allylic oxidation sites excluding steroid dienone is 1. The topological polar surface area (TPSA) is 61.4 Å². The summed E-state index contributed by atoms with van der Waals surface area (Å²) in [5.41, 5.74) is 5.03. The van der Waals surface area contributed by atoms with Crippen LogP contribution in [0.1, 0.15) is 0 Å². The average molecular weight is 167 g/mol. The number of rotatable bonds is 2. The van der Waals surface area contributed by atoms with E-state index in [0.29, 0.717) is 4.91 Å². The molecule has 1 atom stereocenters. The van der Waals surface area contributed by atoms with Crippen molar-refractivity contribution in [2.24, 2.45) is 10.7 Å². The molecule has 0 fully saturated rings. The first kappa shape index (κ1) is 8.81. The summed E-state index contributed by atoms with van der Waals surface area (Å²) in [6, 6.07) is 0. The predicted molar refractivity (Wildman–Crippen MR) is 40.7 cm³/mol. The third-order valence-electron chi connectivity index (χ3n) is 0.606. The summed E-state index contributed by atoms with van der Waals surface area (Å²) < 4.78 is 10.4. The Balaban J connectivity index is 4.01. The molecule has 0 spiro atoms. The highest BCUT2D eigenvalue weighted by Gasteiger charge is 2.06. The van der Waals surface area contributed by atoms with Gasteiger partial charge in [0.25, 0.3) is 0 Å². The molecule has 0 rings (SSSR count). The second kappa shape index (κ2) is 4.67. The van der Waals surface area contributed by atoms with Crippen LogP contribution in [0.15, 0.2) is 16.1 Å². The fourth-order valence-electron chi connectivity index (χ4n) is 0.265. The van der Waals surface area contributed by atoms with Crippen LogP contribution in [0.2, 0.25) is 0 Å². The van der Waals surface area contributed by atoms with Crippen molar-refractivity contribution >= 4 is 27.3 Å². The van der Waals surface area contributed by atoms with E-state index in [9.17, 15) is 4.55 Å². The zero-order valence-corrected chi connectivity index (χ0v) is 6.45. The molecule has 3 nitrogen and oxygen atoms in total. The lowest BCUT2D eigenvalue weighted by Crippen LogP contribution is -1.99. The maximum absolute atomic E-state index is 10.4. The zero-order chi connectivity index (χ0) is 7.28. The highest BCUT2D eigenvalue weighted by atomic mass is 35.7. The molecule has 52 valence electrons. The van der Waals surface area contributed by atoms with Crippen LogP contribution in [0.25, 0.3) is 0 Å². The van der Waals surface area contributed by atoms with Gasteiger partial charge in [-0.3, -0.25) is 4.99 Å². The third kappa shape index (κ3) is 3.40.